The van der Waals surface area contributed by atoms with Crippen LogP contribution in [0.25, 0.3) is 28.2 Å². The highest BCUT2D eigenvalue weighted by atomic mass is 35.5. The van der Waals surface area contributed by atoms with E-state index < -0.39 is 23.3 Å². The molecule has 5 rings (SSSR count). The van der Waals surface area contributed by atoms with Crippen LogP contribution in [0.3, 0.4) is 0 Å². The average molecular weight is 655 g/mol. The van der Waals surface area contributed by atoms with Crippen molar-refractivity contribution in [2.45, 2.75) is 58.2 Å². The number of nitrogens with one attached hydrogen (secondary N) is 2. The highest BCUT2D eigenvalue weighted by molar-refractivity contribution is 6.31. The van der Waals surface area contributed by atoms with Crippen LogP contribution < -0.4 is 5.56 Å². The molecule has 0 amide bonds. The molecule has 0 radical (unpaired) electrons. The molecule has 0 aliphatic heterocycles. The Morgan fingerprint density at radius 2 is 1.61 bits per heavy atom. The number of hydrogen-bond acceptors (Lipinski definition) is 5. The first kappa shape index (κ1) is 33.0. The van der Waals surface area contributed by atoms with Crippen LogP contribution in [0.4, 0.5) is 13.2 Å². The van der Waals surface area contributed by atoms with E-state index in [1.807, 2.05) is 24.3 Å². The first-order chi connectivity index (χ1) is 21.8. The molecule has 0 aliphatic rings. The van der Waals surface area contributed by atoms with Gasteiger partial charge in [0.1, 0.15) is 12.2 Å². The lowest BCUT2D eigenvalue weighted by Gasteiger charge is -2.19. The number of ether oxygens (including phenoxy) is 2. The molecule has 242 valence electrons. The average Bonchev–Trinajstić information content (AvgIpc) is 3.55. The van der Waals surface area contributed by atoms with Gasteiger partial charge < -0.3 is 14.5 Å². The second kappa shape index (κ2) is 13.6. The zero-order chi connectivity index (χ0) is 33.1. The van der Waals surface area contributed by atoms with E-state index in [1.54, 1.807) is 39.0 Å². The molecule has 0 spiro atoms. The number of esters is 1. The Bertz CT molecular complexity index is 1870. The summed E-state index contributed by atoms with van der Waals surface area (Å²) < 4.78 is 51.6. The van der Waals surface area contributed by atoms with Crippen LogP contribution in [0.15, 0.2) is 71.5 Å². The van der Waals surface area contributed by atoms with Crippen molar-refractivity contribution in [1.82, 2.24) is 19.7 Å². The molecule has 0 atom stereocenters. The Hall–Kier alpha value is -4.35. The summed E-state index contributed by atoms with van der Waals surface area (Å²) in [6, 6.07) is 17.8. The monoisotopic (exact) mass is 654 g/mol. The fourth-order valence-corrected chi connectivity index (χ4v) is 5.21. The number of aromatic amines is 2. The number of benzene rings is 3. The van der Waals surface area contributed by atoms with Gasteiger partial charge in [-0.3, -0.25) is 9.89 Å². The fraction of sp³-hybridized carbons (Fsp3) is 0.324. The van der Waals surface area contributed by atoms with Crippen LogP contribution in [-0.2, 0) is 39.7 Å². The quantitative estimate of drug-likeness (QED) is 0.114. The molecule has 0 fully saturated rings. The van der Waals surface area contributed by atoms with E-state index in [0.29, 0.717) is 52.3 Å². The van der Waals surface area contributed by atoms with E-state index in [4.69, 9.17) is 21.1 Å². The van der Waals surface area contributed by atoms with E-state index >= 15 is 0 Å². The molecule has 0 saturated carbocycles. The smallest absolute Gasteiger partial charge is 0.416 e. The summed E-state index contributed by atoms with van der Waals surface area (Å²) in [6.07, 6.45) is -2.12. The van der Waals surface area contributed by atoms with Gasteiger partial charge in [-0.25, -0.2) is 9.78 Å². The number of H-pyrrole nitrogens is 2. The van der Waals surface area contributed by atoms with E-state index in [0.717, 1.165) is 36.1 Å². The van der Waals surface area contributed by atoms with Gasteiger partial charge in [0.25, 0.3) is 5.56 Å². The van der Waals surface area contributed by atoms with Gasteiger partial charge in [-0.15, -0.1) is 0 Å². The number of fused-ring (bicyclic) bond motifs is 1. The summed E-state index contributed by atoms with van der Waals surface area (Å²) >= 11 is 6.11. The number of imidazole rings is 1. The number of aryl methyl sites for hydroxylation is 2. The highest BCUT2D eigenvalue weighted by Crippen LogP contribution is 2.31. The SMILES string of the molecule is CC(C)(C)OC(=O)COCCCc1ccc(CCc2c(-c3ccc(C(F)(F)F)cc3)[nH]n(-c3nc4ccc(Cl)cc4[nH]3)c2=O)cc1. The summed E-state index contributed by atoms with van der Waals surface area (Å²) in [6.45, 7) is 5.75. The molecule has 12 heteroatoms. The fourth-order valence-electron chi connectivity index (χ4n) is 5.04. The van der Waals surface area contributed by atoms with Crippen molar-refractivity contribution >= 4 is 28.6 Å². The normalized spacial score (nSPS) is 12.2. The molecule has 8 nitrogen and oxygen atoms in total. The van der Waals surface area contributed by atoms with Crippen molar-refractivity contribution in [3.05, 3.63) is 104 Å². The maximum absolute atomic E-state index is 13.7. The lowest BCUT2D eigenvalue weighted by molar-refractivity contribution is -0.160. The van der Waals surface area contributed by atoms with Crippen LogP contribution in [0, 0.1) is 0 Å². The van der Waals surface area contributed by atoms with E-state index in [1.165, 1.54) is 16.8 Å². The Morgan fingerprint density at radius 1 is 0.935 bits per heavy atom. The number of nitrogens with zero attached hydrogens (tertiary/aromatic N) is 2. The van der Waals surface area contributed by atoms with Crippen molar-refractivity contribution in [3.63, 3.8) is 0 Å². The largest absolute Gasteiger partial charge is 0.458 e. The number of hydrogen-bond donors (Lipinski definition) is 2. The maximum atomic E-state index is 13.7. The third-order valence-corrected chi connectivity index (χ3v) is 7.45. The molecule has 3 aromatic carbocycles. The number of halogens is 4. The molecule has 2 aromatic heterocycles. The van der Waals surface area contributed by atoms with Crippen molar-refractivity contribution in [2.24, 2.45) is 0 Å². The van der Waals surface area contributed by atoms with Gasteiger partial charge in [0.05, 0.1) is 22.3 Å². The molecule has 2 N–H and O–H groups in total. The molecular formula is C34H34ClF3N4O4. The van der Waals surface area contributed by atoms with Crippen LogP contribution in [0.1, 0.15) is 49.4 Å². The van der Waals surface area contributed by atoms with Crippen LogP contribution >= 0.6 is 11.6 Å². The summed E-state index contributed by atoms with van der Waals surface area (Å²) in [5.74, 6) is -0.156. The second-order valence-electron chi connectivity index (χ2n) is 12.0. The second-order valence-corrected chi connectivity index (χ2v) is 12.4. The van der Waals surface area contributed by atoms with Gasteiger partial charge in [0, 0.05) is 17.2 Å². The van der Waals surface area contributed by atoms with E-state index in [2.05, 4.69) is 15.1 Å². The number of carbonyl (C=O) groups is 1. The Morgan fingerprint density at radius 3 is 2.26 bits per heavy atom. The lowest BCUT2D eigenvalue weighted by Crippen LogP contribution is -2.26. The first-order valence-corrected chi connectivity index (χ1v) is 15.2. The number of carbonyl (C=O) groups excluding carboxylic acids is 1. The molecule has 2 heterocycles. The predicted octanol–water partition coefficient (Wildman–Crippen LogP) is 7.46. The van der Waals surface area contributed by atoms with E-state index in [9.17, 15) is 22.8 Å². The predicted molar refractivity (Wildman–Crippen MR) is 170 cm³/mol. The third-order valence-electron chi connectivity index (χ3n) is 7.21. The minimum Gasteiger partial charge on any atom is -0.458 e. The third kappa shape index (κ3) is 8.27. The lowest BCUT2D eigenvalue weighted by atomic mass is 9.99. The summed E-state index contributed by atoms with van der Waals surface area (Å²) in [5.41, 5.74) is 2.94. The van der Waals surface area contributed by atoms with Crippen LogP contribution in [0.5, 0.6) is 0 Å². The molecule has 0 unspecified atom stereocenters. The van der Waals surface area contributed by atoms with Crippen LogP contribution in [-0.4, -0.2) is 44.5 Å². The minimum atomic E-state index is -4.48. The van der Waals surface area contributed by atoms with Gasteiger partial charge >= 0.3 is 12.1 Å². The molecule has 5 aromatic rings. The Balaban J connectivity index is 1.29. The van der Waals surface area contributed by atoms with Gasteiger partial charge in [0.15, 0.2) is 0 Å². The van der Waals surface area contributed by atoms with Crippen molar-refractivity contribution in [3.8, 4) is 17.2 Å². The maximum Gasteiger partial charge on any atom is 0.416 e. The number of aromatic nitrogens is 4. The van der Waals surface area contributed by atoms with Gasteiger partial charge in [-0.1, -0.05) is 48.0 Å². The Labute approximate surface area is 268 Å². The standard InChI is InChI=1S/C34H34ClF3N4O4/c1-33(2,3)46-29(43)20-45-18-4-5-21-6-8-22(9-7-21)10-16-26-30(23-11-13-24(14-12-23)34(36,37)38)41-42(31(26)44)32-39-27-17-15-25(35)19-28(27)40-32/h6-9,11-15,17,19,41H,4-5,10,16,18,20H2,1-3H3,(H,39,40). The summed E-state index contributed by atoms with van der Waals surface area (Å²) in [4.78, 5) is 33.1. The molecular weight excluding hydrogens is 621 g/mol. The summed E-state index contributed by atoms with van der Waals surface area (Å²) in [7, 11) is 0. The topological polar surface area (TPSA) is 102 Å². The zero-order valence-electron chi connectivity index (χ0n) is 25.6. The number of rotatable bonds is 11. The number of alkyl halides is 3. The van der Waals surface area contributed by atoms with Gasteiger partial charge in [-0.2, -0.15) is 17.9 Å². The molecule has 0 saturated heterocycles. The van der Waals surface area contributed by atoms with Crippen molar-refractivity contribution in [1.29, 1.82) is 0 Å². The highest BCUT2D eigenvalue weighted by Gasteiger charge is 2.30. The molecule has 0 aliphatic carbocycles. The summed E-state index contributed by atoms with van der Waals surface area (Å²) in [5, 5.41) is 3.57. The van der Waals surface area contributed by atoms with E-state index in [-0.39, 0.29) is 18.1 Å². The first-order valence-electron chi connectivity index (χ1n) is 14.8. The molecule has 46 heavy (non-hydrogen) atoms. The zero-order valence-corrected chi connectivity index (χ0v) is 26.4. The minimum absolute atomic E-state index is 0.0871. The van der Waals surface area contributed by atoms with Gasteiger partial charge in [-0.05, 0) is 93.5 Å². The molecule has 0 bridgehead atoms. The van der Waals surface area contributed by atoms with Crippen molar-refractivity contribution < 1.29 is 27.4 Å². The van der Waals surface area contributed by atoms with Gasteiger partial charge in [0.2, 0.25) is 5.95 Å². The van der Waals surface area contributed by atoms with Crippen molar-refractivity contribution in [2.75, 3.05) is 13.2 Å². The Kier molecular flexibility index (Phi) is 9.74. The van der Waals surface area contributed by atoms with Crippen LogP contribution in [0.2, 0.25) is 5.02 Å².